The molecular weight excluding hydrogens is 256 g/mol. The smallest absolute Gasteiger partial charge is 0.0922 e. The average molecular weight is 279 g/mol. The summed E-state index contributed by atoms with van der Waals surface area (Å²) in [5.74, 6) is 0.254. The summed E-state index contributed by atoms with van der Waals surface area (Å²) in [6.07, 6.45) is 5.60. The summed E-state index contributed by atoms with van der Waals surface area (Å²) < 4.78 is 0. The molecule has 0 spiro atoms. The van der Waals surface area contributed by atoms with Crippen molar-refractivity contribution in [2.75, 3.05) is 0 Å². The van der Waals surface area contributed by atoms with Crippen LogP contribution in [0.4, 0.5) is 0 Å². The van der Waals surface area contributed by atoms with Crippen molar-refractivity contribution in [3.05, 3.63) is 71.0 Å². The number of aryl methyl sites for hydroxylation is 1. The lowest BCUT2D eigenvalue weighted by Gasteiger charge is -2.09. The molecule has 1 unspecified atom stereocenters. The topological polar surface area (TPSA) is 20.2 Å². The van der Waals surface area contributed by atoms with Gasteiger partial charge in [0.1, 0.15) is 0 Å². The van der Waals surface area contributed by atoms with Crippen LogP contribution in [0, 0.1) is 6.92 Å². The molecule has 0 radical (unpaired) electrons. The summed E-state index contributed by atoms with van der Waals surface area (Å²) in [5.41, 5.74) is 2.34. The summed E-state index contributed by atoms with van der Waals surface area (Å²) in [7, 11) is 0. The molecule has 2 heteroatoms. The molecule has 0 aliphatic rings. The van der Waals surface area contributed by atoms with Gasteiger partial charge in [0.05, 0.1) is 5.76 Å². The van der Waals surface area contributed by atoms with Gasteiger partial charge < -0.3 is 5.11 Å². The Kier molecular flexibility index (Phi) is 8.73. The van der Waals surface area contributed by atoms with Crippen LogP contribution >= 0.6 is 11.6 Å². The van der Waals surface area contributed by atoms with E-state index in [1.807, 2.05) is 70.2 Å². The second-order valence-corrected chi connectivity index (χ2v) is 4.73. The van der Waals surface area contributed by atoms with E-state index in [0.29, 0.717) is 0 Å². The summed E-state index contributed by atoms with van der Waals surface area (Å²) in [4.78, 5) is 0. The Hall–Kier alpha value is -1.47. The van der Waals surface area contributed by atoms with Crippen molar-refractivity contribution in [2.24, 2.45) is 0 Å². The maximum absolute atomic E-state index is 9.15. The van der Waals surface area contributed by atoms with Gasteiger partial charge in [0.25, 0.3) is 0 Å². The first-order valence-corrected chi connectivity index (χ1v) is 6.69. The van der Waals surface area contributed by atoms with E-state index in [-0.39, 0.29) is 11.7 Å². The van der Waals surface area contributed by atoms with Gasteiger partial charge in [0, 0.05) is 11.0 Å². The number of benzene rings is 1. The molecule has 0 fully saturated rings. The lowest BCUT2D eigenvalue weighted by Crippen LogP contribution is -1.95. The Balaban J connectivity index is 0.000000399. The van der Waals surface area contributed by atoms with Crippen molar-refractivity contribution in [1.82, 2.24) is 0 Å². The largest absolute Gasteiger partial charge is 0.512 e. The first-order valence-electron chi connectivity index (χ1n) is 6.31. The molecule has 1 nitrogen and oxygen atoms in total. The number of hydrogen-bond donors (Lipinski definition) is 1. The third-order valence-electron chi connectivity index (χ3n) is 2.68. The molecular formula is C17H23ClO. The average Bonchev–Trinajstić information content (AvgIpc) is 2.39. The molecule has 1 atom stereocenters. The van der Waals surface area contributed by atoms with E-state index < -0.39 is 0 Å². The molecule has 0 amide bonds. The lowest BCUT2D eigenvalue weighted by atomic mass is 9.99. The molecule has 1 N–H and O–H groups in total. The van der Waals surface area contributed by atoms with Crippen molar-refractivity contribution >= 4 is 11.6 Å². The molecule has 0 saturated heterocycles. The van der Waals surface area contributed by atoms with Gasteiger partial charge in [-0.3, -0.25) is 0 Å². The highest BCUT2D eigenvalue weighted by Crippen LogP contribution is 2.20. The molecule has 0 aliphatic heterocycles. The standard InChI is InChI=1S/C11H14O.C6H9Cl/c1-8-4-6-11(7-5-8)9(2)10(3)12;1-3-5-6(7)4-2/h4-7,9,12H,3H2,1-2H3;3-5H,1-2H3/b;5-3-,6-4+. The third-order valence-corrected chi connectivity index (χ3v) is 3.02. The van der Waals surface area contributed by atoms with Gasteiger partial charge in [-0.1, -0.05) is 67.1 Å². The predicted octanol–water partition coefficient (Wildman–Crippen LogP) is 5.88. The summed E-state index contributed by atoms with van der Waals surface area (Å²) in [5, 5.41) is 9.94. The maximum atomic E-state index is 9.15. The highest BCUT2D eigenvalue weighted by atomic mass is 35.5. The molecule has 1 aromatic carbocycles. The summed E-state index contributed by atoms with van der Waals surface area (Å²) >= 11 is 5.54. The van der Waals surface area contributed by atoms with E-state index in [2.05, 4.69) is 6.58 Å². The first-order chi connectivity index (χ1) is 8.92. The zero-order valence-corrected chi connectivity index (χ0v) is 12.9. The normalized spacial score (nSPS) is 12.8. The Morgan fingerprint density at radius 1 is 1.26 bits per heavy atom. The van der Waals surface area contributed by atoms with Gasteiger partial charge in [-0.2, -0.15) is 0 Å². The van der Waals surface area contributed by atoms with Crippen LogP contribution in [0.1, 0.15) is 37.8 Å². The SMILES string of the molecule is C/C=C\C(Cl)=C/C.C=C(O)C(C)c1ccc(C)cc1. The third kappa shape index (κ3) is 7.53. The van der Waals surface area contributed by atoms with Crippen LogP contribution in [0.5, 0.6) is 0 Å². The van der Waals surface area contributed by atoms with Gasteiger partial charge in [0.15, 0.2) is 0 Å². The van der Waals surface area contributed by atoms with Crippen LogP contribution < -0.4 is 0 Å². The molecule has 0 aromatic heterocycles. The van der Waals surface area contributed by atoms with Crippen molar-refractivity contribution < 1.29 is 5.11 Å². The van der Waals surface area contributed by atoms with Crippen molar-refractivity contribution in [3.8, 4) is 0 Å². The number of aliphatic hydroxyl groups is 1. The van der Waals surface area contributed by atoms with Gasteiger partial charge in [-0.05, 0) is 32.4 Å². The van der Waals surface area contributed by atoms with E-state index in [1.165, 1.54) is 5.56 Å². The van der Waals surface area contributed by atoms with Gasteiger partial charge >= 0.3 is 0 Å². The second-order valence-electron chi connectivity index (χ2n) is 4.30. The molecule has 0 heterocycles. The highest BCUT2D eigenvalue weighted by molar-refractivity contribution is 6.31. The fourth-order valence-electron chi connectivity index (χ4n) is 1.30. The van der Waals surface area contributed by atoms with Gasteiger partial charge in [-0.25, -0.2) is 0 Å². The van der Waals surface area contributed by atoms with E-state index in [0.717, 1.165) is 10.6 Å². The van der Waals surface area contributed by atoms with Gasteiger partial charge in [-0.15, -0.1) is 0 Å². The van der Waals surface area contributed by atoms with Crippen LogP contribution in [0.3, 0.4) is 0 Å². The van der Waals surface area contributed by atoms with E-state index >= 15 is 0 Å². The lowest BCUT2D eigenvalue weighted by molar-refractivity contribution is 0.378. The number of aliphatic hydroxyl groups excluding tert-OH is 1. The minimum atomic E-state index is 0.0330. The zero-order valence-electron chi connectivity index (χ0n) is 12.2. The fourth-order valence-corrected chi connectivity index (χ4v) is 1.43. The second kappa shape index (κ2) is 9.46. The quantitative estimate of drug-likeness (QED) is 0.541. The van der Waals surface area contributed by atoms with Gasteiger partial charge in [0.2, 0.25) is 0 Å². The van der Waals surface area contributed by atoms with Crippen LogP contribution in [-0.2, 0) is 0 Å². The van der Waals surface area contributed by atoms with Crippen LogP contribution in [0.15, 0.2) is 59.9 Å². The molecule has 104 valence electrons. The minimum Gasteiger partial charge on any atom is -0.512 e. The van der Waals surface area contributed by atoms with E-state index in [1.54, 1.807) is 0 Å². The Morgan fingerprint density at radius 2 is 1.79 bits per heavy atom. The van der Waals surface area contributed by atoms with E-state index in [9.17, 15) is 0 Å². The fraction of sp³-hybridized carbons (Fsp3) is 0.294. The molecule has 0 saturated carbocycles. The van der Waals surface area contributed by atoms with Crippen molar-refractivity contribution in [2.45, 2.75) is 33.6 Å². The molecule has 0 aliphatic carbocycles. The Morgan fingerprint density at radius 3 is 2.11 bits per heavy atom. The maximum Gasteiger partial charge on any atom is 0.0922 e. The zero-order chi connectivity index (χ0) is 14.8. The number of rotatable bonds is 3. The number of hydrogen-bond acceptors (Lipinski definition) is 1. The monoisotopic (exact) mass is 278 g/mol. The highest BCUT2D eigenvalue weighted by Gasteiger charge is 2.06. The van der Waals surface area contributed by atoms with Crippen molar-refractivity contribution in [3.63, 3.8) is 0 Å². The minimum absolute atomic E-state index is 0.0330. The van der Waals surface area contributed by atoms with Crippen LogP contribution in [0.2, 0.25) is 0 Å². The van der Waals surface area contributed by atoms with Crippen molar-refractivity contribution in [1.29, 1.82) is 0 Å². The molecule has 19 heavy (non-hydrogen) atoms. The number of allylic oxidation sites excluding steroid dienone is 5. The molecule has 1 aromatic rings. The molecule has 1 rings (SSSR count). The Labute approximate surface area is 121 Å². The Bertz CT molecular complexity index is 441. The van der Waals surface area contributed by atoms with Crippen LogP contribution in [-0.4, -0.2) is 5.11 Å². The van der Waals surface area contributed by atoms with E-state index in [4.69, 9.17) is 16.7 Å². The molecule has 0 bridgehead atoms. The summed E-state index contributed by atoms with van der Waals surface area (Å²) in [6, 6.07) is 8.10. The number of halogens is 1. The van der Waals surface area contributed by atoms with Crippen LogP contribution in [0.25, 0.3) is 0 Å². The first kappa shape index (κ1) is 17.5. The summed E-state index contributed by atoms with van der Waals surface area (Å²) in [6.45, 7) is 11.3. The predicted molar refractivity (Wildman–Crippen MR) is 85.8 cm³/mol.